The van der Waals surface area contributed by atoms with Gasteiger partial charge in [-0.25, -0.2) is 0 Å². The van der Waals surface area contributed by atoms with Gasteiger partial charge in [0.05, 0.1) is 14.2 Å². The Balaban J connectivity index is 2.63. The highest BCUT2D eigenvalue weighted by molar-refractivity contribution is 5.46. The molecule has 0 atom stereocenters. The fourth-order valence-corrected chi connectivity index (χ4v) is 1.92. The van der Waals surface area contributed by atoms with Crippen LogP contribution in [-0.2, 0) is 6.42 Å². The first kappa shape index (κ1) is 14.8. The van der Waals surface area contributed by atoms with E-state index in [0.717, 1.165) is 37.6 Å². The second-order valence-electron chi connectivity index (χ2n) is 4.23. The van der Waals surface area contributed by atoms with Crippen LogP contribution in [0.4, 0.5) is 0 Å². The van der Waals surface area contributed by atoms with E-state index < -0.39 is 0 Å². The topological polar surface area (TPSA) is 42.5 Å². The number of hydrogen-bond acceptors (Lipinski definition) is 4. The van der Waals surface area contributed by atoms with Crippen LogP contribution in [0.2, 0.25) is 0 Å². The molecule has 0 aliphatic heterocycles. The van der Waals surface area contributed by atoms with Crippen LogP contribution < -0.4 is 20.1 Å². The zero-order valence-corrected chi connectivity index (χ0v) is 11.8. The molecule has 0 amide bonds. The number of methoxy groups -OCH3 is 2. The maximum atomic E-state index is 5.43. The molecule has 0 aliphatic rings. The Morgan fingerprint density at radius 2 is 1.83 bits per heavy atom. The number of benzene rings is 1. The summed E-state index contributed by atoms with van der Waals surface area (Å²) in [6.45, 7) is 5.01. The Hall–Kier alpha value is -1.26. The molecule has 1 aromatic carbocycles. The van der Waals surface area contributed by atoms with Crippen molar-refractivity contribution < 1.29 is 9.47 Å². The van der Waals surface area contributed by atoms with Crippen LogP contribution in [0, 0.1) is 6.92 Å². The van der Waals surface area contributed by atoms with E-state index in [1.165, 1.54) is 11.1 Å². The van der Waals surface area contributed by atoms with Gasteiger partial charge >= 0.3 is 0 Å². The maximum Gasteiger partial charge on any atom is 0.126 e. The summed E-state index contributed by atoms with van der Waals surface area (Å²) in [4.78, 5) is 0. The van der Waals surface area contributed by atoms with Crippen LogP contribution in [0.3, 0.4) is 0 Å². The number of hydrogen-bond donors (Lipinski definition) is 2. The third-order valence-electron chi connectivity index (χ3n) is 2.96. The molecule has 102 valence electrons. The molecule has 1 rings (SSSR count). The summed E-state index contributed by atoms with van der Waals surface area (Å²) in [5, 5.41) is 6.50. The minimum Gasteiger partial charge on any atom is -0.497 e. The minimum atomic E-state index is 0.844. The van der Waals surface area contributed by atoms with Gasteiger partial charge < -0.3 is 20.1 Å². The van der Waals surface area contributed by atoms with Crippen LogP contribution in [0.5, 0.6) is 11.5 Å². The van der Waals surface area contributed by atoms with Crippen molar-refractivity contribution in [3.8, 4) is 11.5 Å². The summed E-state index contributed by atoms with van der Waals surface area (Å²) >= 11 is 0. The first-order chi connectivity index (χ1) is 8.72. The molecule has 0 heterocycles. The molecular formula is C14H24N2O2. The molecule has 0 aliphatic carbocycles. The van der Waals surface area contributed by atoms with Gasteiger partial charge in [-0.15, -0.1) is 0 Å². The van der Waals surface area contributed by atoms with Crippen molar-refractivity contribution in [1.82, 2.24) is 10.6 Å². The third-order valence-corrected chi connectivity index (χ3v) is 2.96. The fraction of sp³-hybridized carbons (Fsp3) is 0.571. The SMILES string of the molecule is CNCCNCCc1c(C)cc(OC)cc1OC. The average Bonchev–Trinajstić information content (AvgIpc) is 2.39. The van der Waals surface area contributed by atoms with Gasteiger partial charge in [0.2, 0.25) is 0 Å². The Labute approximate surface area is 110 Å². The zero-order chi connectivity index (χ0) is 13.4. The zero-order valence-electron chi connectivity index (χ0n) is 11.8. The van der Waals surface area contributed by atoms with E-state index in [2.05, 4.69) is 17.6 Å². The van der Waals surface area contributed by atoms with E-state index >= 15 is 0 Å². The van der Waals surface area contributed by atoms with Gasteiger partial charge in [-0.1, -0.05) is 0 Å². The lowest BCUT2D eigenvalue weighted by Gasteiger charge is -2.14. The van der Waals surface area contributed by atoms with E-state index in [0.29, 0.717) is 0 Å². The largest absolute Gasteiger partial charge is 0.497 e. The molecule has 1 aromatic rings. The predicted molar refractivity (Wildman–Crippen MR) is 74.8 cm³/mol. The first-order valence-corrected chi connectivity index (χ1v) is 6.29. The van der Waals surface area contributed by atoms with Crippen molar-refractivity contribution >= 4 is 0 Å². The van der Waals surface area contributed by atoms with Crippen LogP contribution in [0.15, 0.2) is 12.1 Å². The summed E-state index contributed by atoms with van der Waals surface area (Å²) in [7, 11) is 5.33. The van der Waals surface area contributed by atoms with Crippen molar-refractivity contribution in [2.45, 2.75) is 13.3 Å². The van der Waals surface area contributed by atoms with Crippen molar-refractivity contribution in [3.63, 3.8) is 0 Å². The number of likely N-dealkylation sites (N-methyl/N-ethyl adjacent to an activating group) is 1. The summed E-state index contributed by atoms with van der Waals surface area (Å²) in [5.74, 6) is 1.75. The van der Waals surface area contributed by atoms with Gasteiger partial charge in [-0.2, -0.15) is 0 Å². The monoisotopic (exact) mass is 252 g/mol. The Bertz CT molecular complexity index is 367. The molecule has 4 heteroatoms. The first-order valence-electron chi connectivity index (χ1n) is 6.29. The van der Waals surface area contributed by atoms with Gasteiger partial charge in [0.25, 0.3) is 0 Å². The lowest BCUT2D eigenvalue weighted by Crippen LogP contribution is -2.26. The highest BCUT2D eigenvalue weighted by Crippen LogP contribution is 2.28. The molecule has 0 fully saturated rings. The van der Waals surface area contributed by atoms with Crippen LogP contribution in [0.25, 0.3) is 0 Å². The smallest absolute Gasteiger partial charge is 0.126 e. The standard InChI is InChI=1S/C14H24N2O2/c1-11-9-12(17-3)10-14(18-4)13(11)5-6-16-8-7-15-2/h9-10,15-16H,5-8H2,1-4H3. The molecule has 0 saturated heterocycles. The molecule has 18 heavy (non-hydrogen) atoms. The van der Waals surface area contributed by atoms with Crippen molar-refractivity contribution in [3.05, 3.63) is 23.3 Å². The van der Waals surface area contributed by atoms with Crippen LogP contribution in [-0.4, -0.2) is 40.9 Å². The van der Waals surface area contributed by atoms with E-state index in [-0.39, 0.29) is 0 Å². The lowest BCUT2D eigenvalue weighted by molar-refractivity contribution is 0.390. The molecule has 0 unspecified atom stereocenters. The number of ether oxygens (including phenoxy) is 2. The fourth-order valence-electron chi connectivity index (χ4n) is 1.92. The number of aryl methyl sites for hydroxylation is 1. The van der Waals surface area contributed by atoms with Crippen LogP contribution >= 0.6 is 0 Å². The minimum absolute atomic E-state index is 0.844. The number of nitrogens with one attached hydrogen (secondary N) is 2. The van der Waals surface area contributed by atoms with E-state index in [9.17, 15) is 0 Å². The van der Waals surface area contributed by atoms with Gasteiger partial charge in [0.1, 0.15) is 11.5 Å². The van der Waals surface area contributed by atoms with Gasteiger partial charge in [0.15, 0.2) is 0 Å². The normalized spacial score (nSPS) is 10.4. The molecule has 0 saturated carbocycles. The quantitative estimate of drug-likeness (QED) is 0.686. The Kier molecular flexibility index (Phi) is 6.54. The molecule has 0 spiro atoms. The highest BCUT2D eigenvalue weighted by atomic mass is 16.5. The van der Waals surface area contributed by atoms with Crippen molar-refractivity contribution in [1.29, 1.82) is 0 Å². The van der Waals surface area contributed by atoms with Crippen LogP contribution in [0.1, 0.15) is 11.1 Å². The summed E-state index contributed by atoms with van der Waals surface area (Å²) in [6, 6.07) is 3.99. The highest BCUT2D eigenvalue weighted by Gasteiger charge is 2.08. The summed E-state index contributed by atoms with van der Waals surface area (Å²) in [5.41, 5.74) is 2.46. The molecule has 2 N–H and O–H groups in total. The Morgan fingerprint density at radius 1 is 1.06 bits per heavy atom. The third kappa shape index (κ3) is 4.20. The van der Waals surface area contributed by atoms with Gasteiger partial charge in [0, 0.05) is 19.2 Å². The molecule has 0 aromatic heterocycles. The van der Waals surface area contributed by atoms with Gasteiger partial charge in [-0.05, 0) is 44.1 Å². The van der Waals surface area contributed by atoms with Crippen molar-refractivity contribution in [2.75, 3.05) is 40.9 Å². The summed E-state index contributed by atoms with van der Waals surface area (Å²) < 4.78 is 10.7. The second-order valence-corrected chi connectivity index (χ2v) is 4.23. The molecular weight excluding hydrogens is 228 g/mol. The Morgan fingerprint density at radius 3 is 2.44 bits per heavy atom. The van der Waals surface area contributed by atoms with E-state index in [4.69, 9.17) is 9.47 Å². The molecule has 0 bridgehead atoms. The summed E-state index contributed by atoms with van der Waals surface area (Å²) in [6.07, 6.45) is 0.961. The van der Waals surface area contributed by atoms with E-state index in [1.807, 2.05) is 19.2 Å². The average molecular weight is 252 g/mol. The second kappa shape index (κ2) is 7.95. The number of rotatable bonds is 8. The maximum absolute atomic E-state index is 5.43. The molecule has 4 nitrogen and oxygen atoms in total. The predicted octanol–water partition coefficient (Wildman–Crippen LogP) is 1.36. The molecule has 0 radical (unpaired) electrons. The van der Waals surface area contributed by atoms with Gasteiger partial charge in [-0.3, -0.25) is 0 Å². The lowest BCUT2D eigenvalue weighted by atomic mass is 10.0. The van der Waals surface area contributed by atoms with E-state index in [1.54, 1.807) is 14.2 Å². The van der Waals surface area contributed by atoms with Crippen molar-refractivity contribution in [2.24, 2.45) is 0 Å².